The van der Waals surface area contributed by atoms with Crippen molar-refractivity contribution in [3.63, 3.8) is 0 Å². The smallest absolute Gasteiger partial charge is 0.161 e. The largest absolute Gasteiger partial charge is 0.398 e. The number of carbonyl (C=O) groups is 1. The minimum Gasteiger partial charge on any atom is -0.398 e. The highest BCUT2D eigenvalue weighted by atomic mass is 16.1. The Kier molecular flexibility index (Phi) is 5.41. The van der Waals surface area contributed by atoms with Crippen LogP contribution >= 0.6 is 0 Å². The van der Waals surface area contributed by atoms with Gasteiger partial charge in [0.15, 0.2) is 5.78 Å². The Balaban J connectivity index is 1.81. The number of nitrogens with one attached hydrogen (secondary N) is 1. The molecular weight excluding hydrogens is 250 g/mol. The first-order valence-corrected chi connectivity index (χ1v) is 7.53. The normalized spacial score (nSPS) is 16.6. The summed E-state index contributed by atoms with van der Waals surface area (Å²) < 4.78 is 0. The number of hydrogen-bond donors (Lipinski definition) is 2. The number of nitrogen functional groups attached to an aromatic ring is 1. The lowest BCUT2D eigenvalue weighted by Crippen LogP contribution is -2.29. The zero-order valence-corrected chi connectivity index (χ0v) is 12.3. The Morgan fingerprint density at radius 2 is 1.95 bits per heavy atom. The Bertz CT molecular complexity index is 451. The third-order valence-electron chi connectivity index (χ3n) is 3.89. The van der Waals surface area contributed by atoms with Gasteiger partial charge in [-0.05, 0) is 51.1 Å². The molecule has 0 radical (unpaired) electrons. The number of hydrogen-bond acceptors (Lipinski definition) is 4. The Morgan fingerprint density at radius 1 is 1.25 bits per heavy atom. The maximum absolute atomic E-state index is 11.3. The van der Waals surface area contributed by atoms with Crippen molar-refractivity contribution in [1.29, 1.82) is 0 Å². The molecule has 1 saturated heterocycles. The van der Waals surface area contributed by atoms with Crippen molar-refractivity contribution in [1.82, 2.24) is 4.90 Å². The second kappa shape index (κ2) is 7.29. The standard InChI is InChI=1S/C16H25N3O/c1-13(20)15-7-6-14(12-16(15)17)18-8-11-19-9-4-2-3-5-10-19/h6-7,12,18H,2-5,8-11,17H2,1H3. The van der Waals surface area contributed by atoms with Crippen LogP contribution in [0.25, 0.3) is 0 Å². The van der Waals surface area contributed by atoms with E-state index in [0.717, 1.165) is 18.8 Å². The summed E-state index contributed by atoms with van der Waals surface area (Å²) in [5, 5.41) is 3.39. The van der Waals surface area contributed by atoms with Crippen LogP contribution in [-0.4, -0.2) is 36.9 Å². The molecule has 110 valence electrons. The third kappa shape index (κ3) is 4.23. The van der Waals surface area contributed by atoms with Gasteiger partial charge in [0.1, 0.15) is 0 Å². The van der Waals surface area contributed by atoms with Gasteiger partial charge < -0.3 is 16.0 Å². The molecule has 1 aliphatic rings. The SMILES string of the molecule is CC(=O)c1ccc(NCCN2CCCCCC2)cc1N. The highest BCUT2D eigenvalue weighted by molar-refractivity contribution is 5.99. The van der Waals surface area contributed by atoms with Crippen LogP contribution in [-0.2, 0) is 0 Å². The number of nitrogens with two attached hydrogens (primary N) is 1. The fourth-order valence-electron chi connectivity index (χ4n) is 2.71. The quantitative estimate of drug-likeness (QED) is 0.641. The van der Waals surface area contributed by atoms with Crippen molar-refractivity contribution in [3.8, 4) is 0 Å². The highest BCUT2D eigenvalue weighted by Gasteiger charge is 2.08. The molecule has 0 aliphatic carbocycles. The Labute approximate surface area is 121 Å². The molecule has 0 saturated carbocycles. The molecule has 2 rings (SSSR count). The molecular formula is C16H25N3O. The molecule has 4 nitrogen and oxygen atoms in total. The zero-order chi connectivity index (χ0) is 14.4. The van der Waals surface area contributed by atoms with E-state index in [9.17, 15) is 4.79 Å². The summed E-state index contributed by atoms with van der Waals surface area (Å²) >= 11 is 0. The van der Waals surface area contributed by atoms with Gasteiger partial charge in [-0.15, -0.1) is 0 Å². The van der Waals surface area contributed by atoms with Crippen molar-refractivity contribution in [2.24, 2.45) is 0 Å². The van der Waals surface area contributed by atoms with E-state index < -0.39 is 0 Å². The lowest BCUT2D eigenvalue weighted by atomic mass is 10.1. The molecule has 0 atom stereocenters. The molecule has 20 heavy (non-hydrogen) atoms. The molecule has 0 bridgehead atoms. The molecule has 1 aliphatic heterocycles. The Morgan fingerprint density at radius 3 is 2.55 bits per heavy atom. The minimum atomic E-state index is 0.0126. The molecule has 0 aromatic heterocycles. The number of rotatable bonds is 5. The molecule has 0 amide bonds. The number of nitrogens with zero attached hydrogens (tertiary/aromatic N) is 1. The minimum absolute atomic E-state index is 0.0126. The second-order valence-electron chi connectivity index (χ2n) is 5.54. The van der Waals surface area contributed by atoms with Crippen LogP contribution < -0.4 is 11.1 Å². The maximum Gasteiger partial charge on any atom is 0.161 e. The van der Waals surface area contributed by atoms with Crippen LogP contribution in [0.4, 0.5) is 11.4 Å². The van der Waals surface area contributed by atoms with Crippen molar-refractivity contribution >= 4 is 17.2 Å². The van der Waals surface area contributed by atoms with Crippen molar-refractivity contribution in [3.05, 3.63) is 23.8 Å². The van der Waals surface area contributed by atoms with Crippen LogP contribution in [0.2, 0.25) is 0 Å². The summed E-state index contributed by atoms with van der Waals surface area (Å²) in [6.45, 7) is 5.95. The molecule has 1 aromatic carbocycles. The van der Waals surface area contributed by atoms with Crippen LogP contribution in [0, 0.1) is 0 Å². The zero-order valence-electron chi connectivity index (χ0n) is 12.3. The summed E-state index contributed by atoms with van der Waals surface area (Å²) in [5.74, 6) is 0.0126. The van der Waals surface area contributed by atoms with E-state index in [1.165, 1.54) is 45.7 Å². The van der Waals surface area contributed by atoms with Crippen LogP contribution in [0.3, 0.4) is 0 Å². The van der Waals surface area contributed by atoms with Gasteiger partial charge in [-0.1, -0.05) is 12.8 Å². The predicted octanol–water partition coefficient (Wildman–Crippen LogP) is 2.76. The molecule has 3 N–H and O–H groups in total. The van der Waals surface area contributed by atoms with E-state index in [-0.39, 0.29) is 5.78 Å². The average Bonchev–Trinajstić information content (AvgIpc) is 2.67. The molecule has 1 fully saturated rings. The van der Waals surface area contributed by atoms with Crippen molar-refractivity contribution < 1.29 is 4.79 Å². The lowest BCUT2D eigenvalue weighted by molar-refractivity contribution is 0.101. The number of Topliss-reactive ketones (excluding diaryl/α,β-unsaturated/α-hetero) is 1. The van der Waals surface area contributed by atoms with Crippen molar-refractivity contribution in [2.75, 3.05) is 37.2 Å². The van der Waals surface area contributed by atoms with E-state index in [1.54, 1.807) is 6.07 Å². The van der Waals surface area contributed by atoms with E-state index in [2.05, 4.69) is 10.2 Å². The van der Waals surface area contributed by atoms with Gasteiger partial charge in [0.25, 0.3) is 0 Å². The van der Waals surface area contributed by atoms with Gasteiger partial charge in [0.05, 0.1) is 0 Å². The molecule has 4 heteroatoms. The van der Waals surface area contributed by atoms with Crippen LogP contribution in [0.1, 0.15) is 43.0 Å². The number of benzene rings is 1. The Hall–Kier alpha value is -1.55. The monoisotopic (exact) mass is 275 g/mol. The van der Waals surface area contributed by atoms with Gasteiger partial charge in [0.2, 0.25) is 0 Å². The van der Waals surface area contributed by atoms with E-state index in [0.29, 0.717) is 11.3 Å². The highest BCUT2D eigenvalue weighted by Crippen LogP contribution is 2.18. The molecule has 1 heterocycles. The van der Waals surface area contributed by atoms with Gasteiger partial charge in [-0.3, -0.25) is 4.79 Å². The first kappa shape index (κ1) is 14.9. The van der Waals surface area contributed by atoms with Crippen LogP contribution in [0.5, 0.6) is 0 Å². The fraction of sp³-hybridized carbons (Fsp3) is 0.562. The second-order valence-corrected chi connectivity index (χ2v) is 5.54. The number of carbonyl (C=O) groups excluding carboxylic acids is 1. The van der Waals surface area contributed by atoms with Gasteiger partial charge >= 0.3 is 0 Å². The predicted molar refractivity (Wildman–Crippen MR) is 84.3 cm³/mol. The van der Waals surface area contributed by atoms with E-state index in [1.807, 2.05) is 12.1 Å². The molecule has 1 aromatic rings. The molecule has 0 spiro atoms. The summed E-state index contributed by atoms with van der Waals surface area (Å²) in [4.78, 5) is 13.8. The first-order chi connectivity index (χ1) is 9.66. The lowest BCUT2D eigenvalue weighted by Gasteiger charge is -2.20. The summed E-state index contributed by atoms with van der Waals surface area (Å²) in [6.07, 6.45) is 5.38. The third-order valence-corrected chi connectivity index (χ3v) is 3.89. The molecule has 0 unspecified atom stereocenters. The fourth-order valence-corrected chi connectivity index (χ4v) is 2.71. The summed E-state index contributed by atoms with van der Waals surface area (Å²) in [6, 6.07) is 5.57. The van der Waals surface area contributed by atoms with Crippen LogP contribution in [0.15, 0.2) is 18.2 Å². The van der Waals surface area contributed by atoms with Gasteiger partial charge in [-0.25, -0.2) is 0 Å². The van der Waals surface area contributed by atoms with Gasteiger partial charge in [-0.2, -0.15) is 0 Å². The first-order valence-electron chi connectivity index (χ1n) is 7.53. The van der Waals surface area contributed by atoms with Gasteiger partial charge in [0, 0.05) is 30.0 Å². The number of ketones is 1. The van der Waals surface area contributed by atoms with Crippen molar-refractivity contribution in [2.45, 2.75) is 32.6 Å². The summed E-state index contributed by atoms with van der Waals surface area (Å²) in [5.41, 5.74) is 8.03. The number of likely N-dealkylation sites (tertiary alicyclic amines) is 1. The van der Waals surface area contributed by atoms with E-state index in [4.69, 9.17) is 5.73 Å². The maximum atomic E-state index is 11.3. The summed E-state index contributed by atoms with van der Waals surface area (Å²) in [7, 11) is 0. The average molecular weight is 275 g/mol. The number of anilines is 2. The topological polar surface area (TPSA) is 58.4 Å². The van der Waals surface area contributed by atoms with E-state index >= 15 is 0 Å².